The third kappa shape index (κ3) is 2.44. The van der Waals surface area contributed by atoms with Crippen LogP contribution < -0.4 is 27.0 Å². The Balaban J connectivity index is 2.48. The minimum absolute atomic E-state index is 0.0827. The molecule has 0 aromatic carbocycles. The number of carbonyl (C=O) groups is 2. The summed E-state index contributed by atoms with van der Waals surface area (Å²) in [6, 6.07) is 0.0827. The van der Waals surface area contributed by atoms with Crippen LogP contribution in [0.2, 0.25) is 0 Å². The molecule has 0 saturated carbocycles. The van der Waals surface area contributed by atoms with Gasteiger partial charge >= 0.3 is 0 Å². The summed E-state index contributed by atoms with van der Waals surface area (Å²) in [5, 5.41) is 5.82. The fourth-order valence-electron chi connectivity index (χ4n) is 2.25. The summed E-state index contributed by atoms with van der Waals surface area (Å²) >= 11 is 1.23. The van der Waals surface area contributed by atoms with E-state index in [-0.39, 0.29) is 23.5 Å². The molecule has 0 radical (unpaired) electrons. The van der Waals surface area contributed by atoms with E-state index in [4.69, 9.17) is 11.5 Å². The zero-order chi connectivity index (χ0) is 14.9. The summed E-state index contributed by atoms with van der Waals surface area (Å²) in [7, 11) is 3.07. The zero-order valence-corrected chi connectivity index (χ0v) is 12.3. The van der Waals surface area contributed by atoms with Crippen LogP contribution in [0.15, 0.2) is 0 Å². The van der Waals surface area contributed by atoms with E-state index in [2.05, 4.69) is 10.6 Å². The second-order valence-electron chi connectivity index (χ2n) is 4.68. The number of nitrogen functional groups attached to an aromatic ring is 1. The van der Waals surface area contributed by atoms with Crippen molar-refractivity contribution in [1.82, 2.24) is 10.6 Å². The van der Waals surface area contributed by atoms with E-state index in [1.165, 1.54) is 18.4 Å². The third-order valence-corrected chi connectivity index (χ3v) is 4.59. The lowest BCUT2D eigenvalue weighted by Crippen LogP contribution is -2.28. The molecular weight excluding hydrogens is 278 g/mol. The van der Waals surface area contributed by atoms with E-state index < -0.39 is 0 Å². The zero-order valence-electron chi connectivity index (χ0n) is 11.5. The SMILES string of the molecule is CNC(=O)c1sc(N2CCC(N)C2)c(C(=O)NC)c1N. The van der Waals surface area contributed by atoms with Crippen molar-refractivity contribution in [3.8, 4) is 0 Å². The van der Waals surface area contributed by atoms with Gasteiger partial charge < -0.3 is 27.0 Å². The predicted octanol–water partition coefficient (Wildman–Crippen LogP) is -0.413. The van der Waals surface area contributed by atoms with Gasteiger partial charge in [-0.3, -0.25) is 9.59 Å². The quantitative estimate of drug-likeness (QED) is 0.605. The Morgan fingerprint density at radius 3 is 2.45 bits per heavy atom. The largest absolute Gasteiger partial charge is 0.397 e. The van der Waals surface area contributed by atoms with Crippen molar-refractivity contribution in [3.05, 3.63) is 10.4 Å². The van der Waals surface area contributed by atoms with Gasteiger partial charge in [0.1, 0.15) is 9.88 Å². The topological polar surface area (TPSA) is 113 Å². The molecule has 8 heteroatoms. The van der Waals surface area contributed by atoms with Crippen molar-refractivity contribution in [2.75, 3.05) is 37.8 Å². The molecule has 1 saturated heterocycles. The molecule has 2 heterocycles. The first-order chi connectivity index (χ1) is 9.49. The first-order valence-corrected chi connectivity index (χ1v) is 7.18. The highest BCUT2D eigenvalue weighted by atomic mass is 32.1. The average Bonchev–Trinajstić information content (AvgIpc) is 3.01. The molecule has 7 nitrogen and oxygen atoms in total. The van der Waals surface area contributed by atoms with Gasteiger partial charge in [-0.1, -0.05) is 0 Å². The number of rotatable bonds is 3. The maximum absolute atomic E-state index is 12.0. The van der Waals surface area contributed by atoms with E-state index in [1.807, 2.05) is 4.90 Å². The van der Waals surface area contributed by atoms with Gasteiger partial charge in [0.2, 0.25) is 0 Å². The smallest absolute Gasteiger partial charge is 0.263 e. The van der Waals surface area contributed by atoms with E-state index in [0.717, 1.165) is 13.0 Å². The highest BCUT2D eigenvalue weighted by molar-refractivity contribution is 7.19. The monoisotopic (exact) mass is 297 g/mol. The minimum atomic E-state index is -0.288. The van der Waals surface area contributed by atoms with Gasteiger partial charge in [-0.15, -0.1) is 11.3 Å². The summed E-state index contributed by atoms with van der Waals surface area (Å²) in [5.41, 5.74) is 12.5. The molecule has 1 aromatic heterocycles. The lowest BCUT2D eigenvalue weighted by Gasteiger charge is -2.17. The molecule has 110 valence electrons. The maximum Gasteiger partial charge on any atom is 0.263 e. The molecule has 0 spiro atoms. The van der Waals surface area contributed by atoms with Gasteiger partial charge in [0.15, 0.2) is 0 Å². The van der Waals surface area contributed by atoms with Gasteiger partial charge in [0.25, 0.3) is 11.8 Å². The highest BCUT2D eigenvalue weighted by Crippen LogP contribution is 2.39. The van der Waals surface area contributed by atoms with Gasteiger partial charge in [0, 0.05) is 33.2 Å². The van der Waals surface area contributed by atoms with E-state index in [9.17, 15) is 9.59 Å². The number of amides is 2. The molecule has 2 amide bonds. The summed E-state index contributed by atoms with van der Waals surface area (Å²) in [6.45, 7) is 1.43. The number of thiophene rings is 1. The second-order valence-corrected chi connectivity index (χ2v) is 5.68. The van der Waals surface area contributed by atoms with Crippen LogP contribution in [-0.2, 0) is 0 Å². The lowest BCUT2D eigenvalue weighted by molar-refractivity contribution is 0.0963. The molecule has 1 fully saturated rings. The molecule has 1 atom stereocenters. The predicted molar refractivity (Wildman–Crippen MR) is 80.3 cm³/mol. The van der Waals surface area contributed by atoms with Crippen LogP contribution in [0.4, 0.5) is 10.7 Å². The van der Waals surface area contributed by atoms with Crippen LogP contribution in [0.1, 0.15) is 26.5 Å². The van der Waals surface area contributed by atoms with Gasteiger partial charge in [-0.2, -0.15) is 0 Å². The highest BCUT2D eigenvalue weighted by Gasteiger charge is 2.30. The fourth-order valence-corrected chi connectivity index (χ4v) is 3.45. The van der Waals surface area contributed by atoms with Crippen molar-refractivity contribution < 1.29 is 9.59 Å². The summed E-state index contributed by atoms with van der Waals surface area (Å²) in [6.07, 6.45) is 0.861. The Labute approximate surface area is 121 Å². The summed E-state index contributed by atoms with van der Waals surface area (Å²) in [5.74, 6) is -0.572. The van der Waals surface area contributed by atoms with Crippen molar-refractivity contribution >= 4 is 33.8 Å². The van der Waals surface area contributed by atoms with Gasteiger partial charge in [0.05, 0.1) is 11.3 Å². The molecule has 1 aliphatic rings. The molecular formula is C12H19N5O2S. The number of hydrogen-bond donors (Lipinski definition) is 4. The number of nitrogens with two attached hydrogens (primary N) is 2. The van der Waals surface area contributed by atoms with Gasteiger partial charge in [-0.05, 0) is 6.42 Å². The standard InChI is InChI=1S/C12H19N5O2S/c1-15-10(18)7-8(14)9(11(19)16-2)20-12(7)17-4-3-6(13)5-17/h6H,3-5,13-14H2,1-2H3,(H,15,18)(H,16,19). The third-order valence-electron chi connectivity index (χ3n) is 3.33. The first kappa shape index (κ1) is 14.6. The van der Waals surface area contributed by atoms with Crippen LogP contribution in [-0.4, -0.2) is 45.0 Å². The Hall–Kier alpha value is -1.80. The molecule has 2 rings (SSSR count). The van der Waals surface area contributed by atoms with Gasteiger partial charge in [-0.25, -0.2) is 0 Å². The van der Waals surface area contributed by atoms with Crippen molar-refractivity contribution in [2.45, 2.75) is 12.5 Å². The maximum atomic E-state index is 12.0. The number of nitrogens with one attached hydrogen (secondary N) is 2. The lowest BCUT2D eigenvalue weighted by atomic mass is 10.2. The molecule has 20 heavy (non-hydrogen) atoms. The second kappa shape index (κ2) is 5.68. The van der Waals surface area contributed by atoms with E-state index in [1.54, 1.807) is 7.05 Å². The van der Waals surface area contributed by atoms with Crippen molar-refractivity contribution in [2.24, 2.45) is 5.73 Å². The number of nitrogens with zero attached hydrogens (tertiary/aromatic N) is 1. The molecule has 1 aliphatic heterocycles. The van der Waals surface area contributed by atoms with Crippen molar-refractivity contribution in [3.63, 3.8) is 0 Å². The summed E-state index contributed by atoms with van der Waals surface area (Å²) in [4.78, 5) is 26.3. The van der Waals surface area contributed by atoms with E-state index >= 15 is 0 Å². The Kier molecular flexibility index (Phi) is 4.15. The van der Waals surface area contributed by atoms with Crippen LogP contribution in [0.5, 0.6) is 0 Å². The molecule has 0 bridgehead atoms. The van der Waals surface area contributed by atoms with Crippen LogP contribution in [0, 0.1) is 0 Å². The Morgan fingerprint density at radius 1 is 1.30 bits per heavy atom. The Bertz CT molecular complexity index is 542. The van der Waals surface area contributed by atoms with Crippen molar-refractivity contribution in [1.29, 1.82) is 0 Å². The molecule has 1 unspecified atom stereocenters. The fraction of sp³-hybridized carbons (Fsp3) is 0.500. The number of hydrogen-bond acceptors (Lipinski definition) is 6. The van der Waals surface area contributed by atoms with Crippen LogP contribution in [0.25, 0.3) is 0 Å². The number of carbonyl (C=O) groups excluding carboxylic acids is 2. The van der Waals surface area contributed by atoms with Crippen LogP contribution >= 0.6 is 11.3 Å². The normalized spacial score (nSPS) is 18.1. The van der Waals surface area contributed by atoms with Crippen LogP contribution in [0.3, 0.4) is 0 Å². The first-order valence-electron chi connectivity index (χ1n) is 6.36. The van der Waals surface area contributed by atoms with E-state index in [0.29, 0.717) is 22.0 Å². The minimum Gasteiger partial charge on any atom is -0.397 e. The molecule has 6 N–H and O–H groups in total. The molecule has 1 aromatic rings. The Morgan fingerprint density at radius 2 is 1.95 bits per heavy atom. The average molecular weight is 297 g/mol. The summed E-state index contributed by atoms with van der Waals surface area (Å²) < 4.78 is 0. The molecule has 0 aliphatic carbocycles. The number of anilines is 2.